The second-order valence-corrected chi connectivity index (χ2v) is 6.19. The van der Waals surface area contributed by atoms with Gasteiger partial charge in [-0.3, -0.25) is 14.6 Å². The zero-order valence-electron chi connectivity index (χ0n) is 14.4. The van der Waals surface area contributed by atoms with Crippen LogP contribution in [0.5, 0.6) is 5.75 Å². The summed E-state index contributed by atoms with van der Waals surface area (Å²) in [5, 5.41) is 5.49. The van der Waals surface area contributed by atoms with Crippen LogP contribution in [0.25, 0.3) is 0 Å². The Morgan fingerprint density at radius 3 is 2.77 bits per heavy atom. The zero-order chi connectivity index (χ0) is 18.2. The first kappa shape index (κ1) is 17.7. The van der Waals surface area contributed by atoms with E-state index in [9.17, 15) is 9.59 Å². The fourth-order valence-electron chi connectivity index (χ4n) is 2.27. The molecule has 0 unspecified atom stereocenters. The number of carbonyl (C=O) groups excluding carboxylic acids is 2. The van der Waals surface area contributed by atoms with E-state index in [1.165, 1.54) is 25.0 Å². The van der Waals surface area contributed by atoms with E-state index in [0.29, 0.717) is 30.5 Å². The number of carbonyl (C=O) groups is 2. The largest absolute Gasteiger partial charge is 0.489 e. The average Bonchev–Trinajstić information content (AvgIpc) is 3.49. The molecule has 6 nitrogen and oxygen atoms in total. The number of benzene rings is 1. The summed E-state index contributed by atoms with van der Waals surface area (Å²) >= 11 is 0. The minimum atomic E-state index is -0.365. The fraction of sp³-hybridized carbons (Fsp3) is 0.250. The van der Waals surface area contributed by atoms with Gasteiger partial charge in [-0.25, -0.2) is 0 Å². The van der Waals surface area contributed by atoms with Crippen LogP contribution in [0.1, 0.15) is 18.4 Å². The van der Waals surface area contributed by atoms with Crippen LogP contribution < -0.4 is 15.4 Å². The standard InChI is InChI=1S/C20H21N3O3/c24-19(22-13-15-6-7-15)8-9-20(25)23-17-4-1-5-18(11-17)26-14-16-3-2-10-21-12-16/h1-5,8-12,15H,6-7,13-14H2,(H,22,24)(H,23,25). The SMILES string of the molecule is O=C(C=CC(=O)Nc1cccc(OCc2cccnc2)c1)NCC1CC1. The lowest BCUT2D eigenvalue weighted by Crippen LogP contribution is -2.23. The smallest absolute Gasteiger partial charge is 0.248 e. The van der Waals surface area contributed by atoms with Crippen molar-refractivity contribution in [1.82, 2.24) is 10.3 Å². The van der Waals surface area contributed by atoms with Gasteiger partial charge in [-0.1, -0.05) is 12.1 Å². The minimum Gasteiger partial charge on any atom is -0.489 e. The second-order valence-electron chi connectivity index (χ2n) is 6.19. The monoisotopic (exact) mass is 351 g/mol. The lowest BCUT2D eigenvalue weighted by molar-refractivity contribution is -0.117. The summed E-state index contributed by atoms with van der Waals surface area (Å²) in [5.41, 5.74) is 1.56. The van der Waals surface area contributed by atoms with Crippen LogP contribution in [0.3, 0.4) is 0 Å². The molecule has 1 fully saturated rings. The summed E-state index contributed by atoms with van der Waals surface area (Å²) in [5.74, 6) is 0.630. The minimum absolute atomic E-state index is 0.249. The van der Waals surface area contributed by atoms with Crippen molar-refractivity contribution >= 4 is 17.5 Å². The Morgan fingerprint density at radius 2 is 2.00 bits per heavy atom. The number of anilines is 1. The van der Waals surface area contributed by atoms with Crippen molar-refractivity contribution < 1.29 is 14.3 Å². The van der Waals surface area contributed by atoms with E-state index < -0.39 is 0 Å². The third kappa shape index (κ3) is 6.05. The summed E-state index contributed by atoms with van der Waals surface area (Å²) in [6.07, 6.45) is 8.27. The molecule has 3 rings (SSSR count). The van der Waals surface area contributed by atoms with Crippen LogP contribution in [-0.2, 0) is 16.2 Å². The number of aromatic nitrogens is 1. The summed E-state index contributed by atoms with van der Waals surface area (Å²) in [6.45, 7) is 1.08. The number of hydrogen-bond donors (Lipinski definition) is 2. The van der Waals surface area contributed by atoms with E-state index in [1.807, 2.05) is 18.2 Å². The van der Waals surface area contributed by atoms with E-state index in [2.05, 4.69) is 15.6 Å². The van der Waals surface area contributed by atoms with E-state index in [1.54, 1.807) is 30.6 Å². The predicted octanol–water partition coefficient (Wildman–Crippen LogP) is 2.68. The molecule has 6 heteroatoms. The van der Waals surface area contributed by atoms with Crippen LogP contribution in [0.15, 0.2) is 60.9 Å². The maximum atomic E-state index is 11.9. The Hall–Kier alpha value is -3.15. The Kier molecular flexibility index (Phi) is 5.98. The number of hydrogen-bond acceptors (Lipinski definition) is 4. The Morgan fingerprint density at radius 1 is 1.15 bits per heavy atom. The van der Waals surface area contributed by atoms with Gasteiger partial charge in [-0.2, -0.15) is 0 Å². The van der Waals surface area contributed by atoms with Crippen molar-refractivity contribution in [1.29, 1.82) is 0 Å². The Bertz CT molecular complexity index is 786. The summed E-state index contributed by atoms with van der Waals surface area (Å²) in [4.78, 5) is 27.6. The van der Waals surface area contributed by atoms with Crippen LogP contribution >= 0.6 is 0 Å². The van der Waals surface area contributed by atoms with Gasteiger partial charge in [0.05, 0.1) is 0 Å². The molecule has 2 amide bonds. The molecule has 1 saturated carbocycles. The van der Waals surface area contributed by atoms with Gasteiger partial charge in [0.2, 0.25) is 11.8 Å². The maximum absolute atomic E-state index is 11.9. The first-order chi connectivity index (χ1) is 12.7. The van der Waals surface area contributed by atoms with Crippen LogP contribution in [-0.4, -0.2) is 23.3 Å². The Balaban J connectivity index is 1.47. The average molecular weight is 351 g/mol. The molecule has 1 aromatic carbocycles. The molecule has 2 aromatic rings. The summed E-state index contributed by atoms with van der Waals surface area (Å²) in [7, 11) is 0. The zero-order valence-corrected chi connectivity index (χ0v) is 14.4. The predicted molar refractivity (Wildman–Crippen MR) is 98.5 cm³/mol. The number of rotatable bonds is 8. The van der Waals surface area contributed by atoms with Crippen molar-refractivity contribution in [2.24, 2.45) is 5.92 Å². The number of nitrogens with zero attached hydrogens (tertiary/aromatic N) is 1. The highest BCUT2D eigenvalue weighted by Gasteiger charge is 2.21. The van der Waals surface area contributed by atoms with E-state index in [4.69, 9.17) is 4.74 Å². The quantitative estimate of drug-likeness (QED) is 0.717. The lowest BCUT2D eigenvalue weighted by Gasteiger charge is -2.08. The third-order valence-electron chi connectivity index (χ3n) is 3.88. The highest BCUT2D eigenvalue weighted by molar-refractivity contribution is 6.03. The highest BCUT2D eigenvalue weighted by atomic mass is 16.5. The number of nitrogens with one attached hydrogen (secondary N) is 2. The van der Waals surface area contributed by atoms with Gasteiger partial charge >= 0.3 is 0 Å². The van der Waals surface area contributed by atoms with Gasteiger partial charge < -0.3 is 15.4 Å². The number of ether oxygens (including phenoxy) is 1. The first-order valence-corrected chi connectivity index (χ1v) is 8.58. The topological polar surface area (TPSA) is 80.3 Å². The van der Waals surface area contributed by atoms with Crippen molar-refractivity contribution in [3.8, 4) is 5.75 Å². The molecule has 0 saturated heterocycles. The number of pyridine rings is 1. The third-order valence-corrected chi connectivity index (χ3v) is 3.88. The molecule has 1 aromatic heterocycles. The van der Waals surface area contributed by atoms with Crippen molar-refractivity contribution in [2.75, 3.05) is 11.9 Å². The van der Waals surface area contributed by atoms with Gasteiger partial charge in [0.1, 0.15) is 12.4 Å². The lowest BCUT2D eigenvalue weighted by atomic mass is 10.3. The molecule has 26 heavy (non-hydrogen) atoms. The van der Waals surface area contributed by atoms with Crippen LogP contribution in [0.4, 0.5) is 5.69 Å². The van der Waals surface area contributed by atoms with Gasteiger partial charge in [-0.05, 0) is 37.0 Å². The van der Waals surface area contributed by atoms with Crippen LogP contribution in [0.2, 0.25) is 0 Å². The van der Waals surface area contributed by atoms with E-state index in [0.717, 1.165) is 5.56 Å². The molecular formula is C20H21N3O3. The molecule has 2 N–H and O–H groups in total. The molecule has 0 spiro atoms. The van der Waals surface area contributed by atoms with Gasteiger partial charge in [-0.15, -0.1) is 0 Å². The molecule has 0 bridgehead atoms. The van der Waals surface area contributed by atoms with E-state index in [-0.39, 0.29) is 11.8 Å². The van der Waals surface area contributed by atoms with Gasteiger partial charge in [0, 0.05) is 48.4 Å². The van der Waals surface area contributed by atoms with Crippen molar-refractivity contribution in [3.05, 3.63) is 66.5 Å². The van der Waals surface area contributed by atoms with Gasteiger partial charge in [0.15, 0.2) is 0 Å². The molecule has 134 valence electrons. The fourth-order valence-corrected chi connectivity index (χ4v) is 2.27. The maximum Gasteiger partial charge on any atom is 0.248 e. The molecule has 1 aliphatic carbocycles. The van der Waals surface area contributed by atoms with Crippen molar-refractivity contribution in [3.63, 3.8) is 0 Å². The van der Waals surface area contributed by atoms with Crippen LogP contribution in [0, 0.1) is 5.92 Å². The number of amides is 2. The molecule has 0 atom stereocenters. The normalized spacial score (nSPS) is 13.4. The molecule has 0 radical (unpaired) electrons. The molecule has 1 aliphatic rings. The molecule has 0 aliphatic heterocycles. The van der Waals surface area contributed by atoms with Crippen molar-refractivity contribution in [2.45, 2.75) is 19.4 Å². The Labute approximate surface area is 152 Å². The highest BCUT2D eigenvalue weighted by Crippen LogP contribution is 2.27. The van der Waals surface area contributed by atoms with E-state index >= 15 is 0 Å². The first-order valence-electron chi connectivity index (χ1n) is 8.58. The summed E-state index contributed by atoms with van der Waals surface area (Å²) in [6, 6.07) is 10.9. The summed E-state index contributed by atoms with van der Waals surface area (Å²) < 4.78 is 5.70. The van der Waals surface area contributed by atoms with Gasteiger partial charge in [0.25, 0.3) is 0 Å². The molecule has 1 heterocycles. The second kappa shape index (κ2) is 8.80. The molecular weight excluding hydrogens is 330 g/mol.